The molecule has 0 aliphatic heterocycles. The normalized spacial score (nSPS) is 10.6. The third-order valence-corrected chi connectivity index (χ3v) is 4.52. The number of nitrogens with zero attached hydrogens (tertiary/aromatic N) is 2. The molecular formula is C21H22FN3O3. The molecule has 7 heteroatoms. The molecule has 0 aliphatic rings. The second-order valence-corrected chi connectivity index (χ2v) is 6.35. The topological polar surface area (TPSA) is 65.4 Å². The van der Waals surface area contributed by atoms with Gasteiger partial charge < -0.3 is 14.8 Å². The molecule has 0 radical (unpaired) electrons. The first-order chi connectivity index (χ1) is 13.4. The van der Waals surface area contributed by atoms with Crippen LogP contribution in [0.5, 0.6) is 11.5 Å². The lowest BCUT2D eigenvalue weighted by Gasteiger charge is -2.11. The molecule has 0 saturated heterocycles. The molecule has 0 fully saturated rings. The van der Waals surface area contributed by atoms with E-state index < -0.39 is 0 Å². The zero-order valence-electron chi connectivity index (χ0n) is 16.2. The molecule has 1 N–H and O–H groups in total. The number of benzene rings is 2. The molecule has 0 saturated carbocycles. The van der Waals surface area contributed by atoms with Crippen molar-refractivity contribution in [1.82, 2.24) is 9.78 Å². The third kappa shape index (κ3) is 3.98. The summed E-state index contributed by atoms with van der Waals surface area (Å²) < 4.78 is 25.4. The van der Waals surface area contributed by atoms with Crippen molar-refractivity contribution in [3.8, 4) is 11.5 Å². The van der Waals surface area contributed by atoms with E-state index in [1.54, 1.807) is 42.1 Å². The van der Waals surface area contributed by atoms with Crippen LogP contribution in [0.2, 0.25) is 0 Å². The second kappa shape index (κ2) is 8.12. The minimum Gasteiger partial charge on any atom is -0.497 e. The fraction of sp³-hybridized carbons (Fsp3) is 0.238. The fourth-order valence-corrected chi connectivity index (χ4v) is 2.96. The van der Waals surface area contributed by atoms with Crippen molar-refractivity contribution in [3.63, 3.8) is 0 Å². The van der Waals surface area contributed by atoms with Crippen LogP contribution in [-0.4, -0.2) is 29.9 Å². The van der Waals surface area contributed by atoms with E-state index in [9.17, 15) is 9.18 Å². The lowest BCUT2D eigenvalue weighted by molar-refractivity contribution is 0.102. The van der Waals surface area contributed by atoms with Gasteiger partial charge in [-0.05, 0) is 43.7 Å². The van der Waals surface area contributed by atoms with Crippen LogP contribution in [0.4, 0.5) is 10.1 Å². The molecule has 28 heavy (non-hydrogen) atoms. The van der Waals surface area contributed by atoms with Gasteiger partial charge >= 0.3 is 0 Å². The number of carbonyl (C=O) groups excluding carboxylic acids is 1. The minimum atomic E-state index is -0.299. The Hall–Kier alpha value is -3.35. The molecular weight excluding hydrogens is 361 g/mol. The lowest BCUT2D eigenvalue weighted by atomic mass is 10.1. The average molecular weight is 383 g/mol. The molecule has 1 aromatic heterocycles. The van der Waals surface area contributed by atoms with Crippen molar-refractivity contribution < 1.29 is 18.7 Å². The number of aryl methyl sites for hydroxylation is 1. The van der Waals surface area contributed by atoms with Gasteiger partial charge in [-0.2, -0.15) is 5.10 Å². The zero-order valence-corrected chi connectivity index (χ0v) is 16.2. The van der Waals surface area contributed by atoms with E-state index in [2.05, 4.69) is 10.4 Å². The Labute approximate surface area is 162 Å². The van der Waals surface area contributed by atoms with E-state index in [1.807, 2.05) is 13.8 Å². The van der Waals surface area contributed by atoms with Crippen LogP contribution in [0, 0.1) is 19.7 Å². The van der Waals surface area contributed by atoms with Crippen LogP contribution < -0.4 is 14.8 Å². The van der Waals surface area contributed by atoms with Gasteiger partial charge in [0.2, 0.25) is 0 Å². The molecule has 1 amide bonds. The van der Waals surface area contributed by atoms with Crippen LogP contribution in [0.25, 0.3) is 0 Å². The monoisotopic (exact) mass is 383 g/mol. The Morgan fingerprint density at radius 1 is 1.11 bits per heavy atom. The lowest BCUT2D eigenvalue weighted by Crippen LogP contribution is -2.14. The Kier molecular flexibility index (Phi) is 5.63. The Morgan fingerprint density at radius 2 is 1.82 bits per heavy atom. The standard InChI is InChI=1S/C21H22FN3O3/c1-13-20(14(2)25(24-13)12-15-5-7-16(22)8-6-15)23-21(26)18-10-9-17(27-3)11-19(18)28-4/h5-11H,12H2,1-4H3,(H,23,26). The number of methoxy groups -OCH3 is 2. The summed E-state index contributed by atoms with van der Waals surface area (Å²) in [6.45, 7) is 4.19. The van der Waals surface area contributed by atoms with E-state index in [0.717, 1.165) is 11.3 Å². The van der Waals surface area contributed by atoms with Crippen molar-refractivity contribution >= 4 is 11.6 Å². The summed E-state index contributed by atoms with van der Waals surface area (Å²) >= 11 is 0. The largest absolute Gasteiger partial charge is 0.497 e. The van der Waals surface area contributed by atoms with Gasteiger partial charge in [-0.1, -0.05) is 12.1 Å². The number of amides is 1. The van der Waals surface area contributed by atoms with Gasteiger partial charge in [-0.15, -0.1) is 0 Å². The van der Waals surface area contributed by atoms with Crippen molar-refractivity contribution in [2.24, 2.45) is 0 Å². The van der Waals surface area contributed by atoms with Gasteiger partial charge in [-0.3, -0.25) is 9.48 Å². The summed E-state index contributed by atoms with van der Waals surface area (Å²) in [4.78, 5) is 12.8. The first-order valence-electron chi connectivity index (χ1n) is 8.74. The highest BCUT2D eigenvalue weighted by molar-refractivity contribution is 6.06. The van der Waals surface area contributed by atoms with Gasteiger partial charge in [0, 0.05) is 6.07 Å². The predicted octanol–water partition coefficient (Wildman–Crippen LogP) is 3.96. The van der Waals surface area contributed by atoms with Crippen molar-refractivity contribution in [2.75, 3.05) is 19.5 Å². The fourth-order valence-electron chi connectivity index (χ4n) is 2.96. The Bertz CT molecular complexity index is 997. The minimum absolute atomic E-state index is 0.279. The summed E-state index contributed by atoms with van der Waals surface area (Å²) in [5, 5.41) is 7.42. The third-order valence-electron chi connectivity index (χ3n) is 4.52. The van der Waals surface area contributed by atoms with Crippen LogP contribution in [0.3, 0.4) is 0 Å². The molecule has 0 unspecified atom stereocenters. The number of hydrogen-bond donors (Lipinski definition) is 1. The number of ether oxygens (including phenoxy) is 2. The maximum Gasteiger partial charge on any atom is 0.259 e. The molecule has 6 nitrogen and oxygen atoms in total. The molecule has 3 aromatic rings. The number of hydrogen-bond acceptors (Lipinski definition) is 4. The molecule has 2 aromatic carbocycles. The highest BCUT2D eigenvalue weighted by Crippen LogP contribution is 2.27. The van der Waals surface area contributed by atoms with Gasteiger partial charge in [0.15, 0.2) is 0 Å². The van der Waals surface area contributed by atoms with Gasteiger partial charge in [-0.25, -0.2) is 4.39 Å². The number of aromatic nitrogens is 2. The average Bonchev–Trinajstić information content (AvgIpc) is 2.96. The van der Waals surface area contributed by atoms with E-state index in [1.165, 1.54) is 19.2 Å². The number of carbonyl (C=O) groups is 1. The SMILES string of the molecule is COc1ccc(C(=O)Nc2c(C)nn(Cc3ccc(F)cc3)c2C)c(OC)c1. The van der Waals surface area contributed by atoms with E-state index in [-0.39, 0.29) is 11.7 Å². The molecule has 146 valence electrons. The first kappa shape index (κ1) is 19.4. The van der Waals surface area contributed by atoms with Crippen LogP contribution in [0.15, 0.2) is 42.5 Å². The van der Waals surface area contributed by atoms with E-state index in [0.29, 0.717) is 35.0 Å². The summed E-state index contributed by atoms with van der Waals surface area (Å²) in [5.41, 5.74) is 3.46. The van der Waals surface area contributed by atoms with Crippen molar-refractivity contribution in [2.45, 2.75) is 20.4 Å². The summed E-state index contributed by atoms with van der Waals surface area (Å²) in [6, 6.07) is 11.3. The number of rotatable bonds is 6. The molecule has 0 atom stereocenters. The van der Waals surface area contributed by atoms with Crippen LogP contribution in [-0.2, 0) is 6.54 Å². The molecule has 1 heterocycles. The quantitative estimate of drug-likeness (QED) is 0.700. The molecule has 3 rings (SSSR count). The highest BCUT2D eigenvalue weighted by atomic mass is 19.1. The highest BCUT2D eigenvalue weighted by Gasteiger charge is 2.18. The summed E-state index contributed by atoms with van der Waals surface area (Å²) in [6.07, 6.45) is 0. The number of anilines is 1. The smallest absolute Gasteiger partial charge is 0.259 e. The van der Waals surface area contributed by atoms with Crippen molar-refractivity contribution in [3.05, 3.63) is 70.8 Å². The molecule has 0 spiro atoms. The van der Waals surface area contributed by atoms with Gasteiger partial charge in [0.25, 0.3) is 5.91 Å². The molecule has 0 bridgehead atoms. The van der Waals surface area contributed by atoms with Gasteiger partial charge in [0.05, 0.1) is 43.4 Å². The maximum atomic E-state index is 13.1. The summed E-state index contributed by atoms with van der Waals surface area (Å²) in [7, 11) is 3.06. The van der Waals surface area contributed by atoms with Crippen LogP contribution >= 0.6 is 0 Å². The second-order valence-electron chi connectivity index (χ2n) is 6.35. The zero-order chi connectivity index (χ0) is 20.3. The van der Waals surface area contributed by atoms with E-state index in [4.69, 9.17) is 9.47 Å². The number of nitrogens with one attached hydrogen (secondary N) is 1. The Morgan fingerprint density at radius 3 is 2.46 bits per heavy atom. The maximum absolute atomic E-state index is 13.1. The molecule has 0 aliphatic carbocycles. The van der Waals surface area contributed by atoms with E-state index >= 15 is 0 Å². The summed E-state index contributed by atoms with van der Waals surface area (Å²) in [5.74, 6) is 0.448. The Balaban J connectivity index is 1.84. The number of halogens is 1. The van der Waals surface area contributed by atoms with Crippen molar-refractivity contribution in [1.29, 1.82) is 0 Å². The van der Waals surface area contributed by atoms with Gasteiger partial charge in [0.1, 0.15) is 17.3 Å². The predicted molar refractivity (Wildman–Crippen MR) is 105 cm³/mol. The van der Waals surface area contributed by atoms with Crippen LogP contribution in [0.1, 0.15) is 27.3 Å². The first-order valence-corrected chi connectivity index (χ1v) is 8.74.